The fourth-order valence-corrected chi connectivity index (χ4v) is 3.06. The molecule has 6 nitrogen and oxygen atoms in total. The topological polar surface area (TPSA) is 88.8 Å². The van der Waals surface area contributed by atoms with E-state index in [1.54, 1.807) is 18.2 Å². The molecule has 0 atom stereocenters. The van der Waals surface area contributed by atoms with Crippen LogP contribution in [0.2, 0.25) is 5.02 Å². The monoisotopic (exact) mass is 347 g/mol. The summed E-state index contributed by atoms with van der Waals surface area (Å²) in [6, 6.07) is 8.93. The number of H-pyrrole nitrogens is 1. The largest absolute Gasteiger partial charge is 0.457 e. The molecule has 0 aliphatic carbocycles. The smallest absolute Gasteiger partial charge is 0.265 e. The highest BCUT2D eigenvalue weighted by Crippen LogP contribution is 2.32. The zero-order chi connectivity index (χ0) is 16.2. The van der Waals surface area contributed by atoms with Gasteiger partial charge in [-0.3, -0.25) is 14.7 Å². The number of nitrogens with zero attached hydrogens (tertiary/aromatic N) is 2. The Morgan fingerprint density at radius 1 is 1.30 bits per heavy atom. The lowest BCUT2D eigenvalue weighted by molar-refractivity contribution is -0.114. The molecule has 3 aromatic rings. The van der Waals surface area contributed by atoms with E-state index < -0.39 is 11.6 Å². The minimum atomic E-state index is -0.706. The molecule has 3 rings (SSSR count). The molecule has 1 N–H and O–H groups in total. The Labute approximate surface area is 140 Å². The van der Waals surface area contributed by atoms with Gasteiger partial charge in [0.05, 0.1) is 6.26 Å². The molecule has 0 aliphatic rings. The molecule has 0 saturated carbocycles. The minimum Gasteiger partial charge on any atom is -0.457 e. The van der Waals surface area contributed by atoms with E-state index >= 15 is 0 Å². The molecule has 1 aromatic carbocycles. The normalized spacial score (nSPS) is 10.7. The Kier molecular flexibility index (Phi) is 4.59. The van der Waals surface area contributed by atoms with Crippen molar-refractivity contribution >= 4 is 34.9 Å². The number of Topliss-reactive ketones (excluding diaryl/α,β-unsaturated/α-hetero) is 2. The van der Waals surface area contributed by atoms with Crippen LogP contribution in [0.25, 0.3) is 0 Å². The van der Waals surface area contributed by atoms with Crippen LogP contribution in [0.4, 0.5) is 0 Å². The van der Waals surface area contributed by atoms with Gasteiger partial charge in [0, 0.05) is 21.9 Å². The highest BCUT2D eigenvalue weighted by atomic mass is 35.5. The van der Waals surface area contributed by atoms with Crippen LogP contribution in [0.15, 0.2) is 57.3 Å². The fraction of sp³-hybridized carbons (Fsp3) is 0.0667. The lowest BCUT2D eigenvalue weighted by Crippen LogP contribution is -2.18. The number of hydrogen-bond acceptors (Lipinski definition) is 6. The van der Waals surface area contributed by atoms with E-state index in [0.717, 1.165) is 4.90 Å². The summed E-state index contributed by atoms with van der Waals surface area (Å²) in [7, 11) is 0. The molecule has 8 heteroatoms. The molecule has 0 aliphatic heterocycles. The third-order valence-corrected chi connectivity index (χ3v) is 4.22. The van der Waals surface area contributed by atoms with Gasteiger partial charge in [0.1, 0.15) is 6.33 Å². The summed E-state index contributed by atoms with van der Waals surface area (Å²) in [5.41, 5.74) is 0.632. The third kappa shape index (κ3) is 3.69. The number of aromatic nitrogens is 3. The third-order valence-electron chi connectivity index (χ3n) is 2.95. The summed E-state index contributed by atoms with van der Waals surface area (Å²) < 4.78 is 5.40. The van der Waals surface area contributed by atoms with Crippen molar-refractivity contribution in [3.63, 3.8) is 0 Å². The molecule has 0 radical (unpaired) electrons. The summed E-state index contributed by atoms with van der Waals surface area (Å²) in [5.74, 6) is -1.36. The van der Waals surface area contributed by atoms with Crippen molar-refractivity contribution in [2.45, 2.75) is 16.4 Å². The highest BCUT2D eigenvalue weighted by molar-refractivity contribution is 7.99. The average Bonchev–Trinajstić information content (AvgIpc) is 3.19. The number of benzene rings is 1. The number of furan rings is 1. The van der Waals surface area contributed by atoms with Crippen molar-refractivity contribution in [3.05, 3.63) is 59.3 Å². The van der Waals surface area contributed by atoms with Crippen molar-refractivity contribution in [2.24, 2.45) is 0 Å². The average molecular weight is 348 g/mol. The van der Waals surface area contributed by atoms with E-state index in [0.29, 0.717) is 15.7 Å². The van der Waals surface area contributed by atoms with Crippen molar-refractivity contribution in [1.82, 2.24) is 15.2 Å². The van der Waals surface area contributed by atoms with Gasteiger partial charge in [-0.2, -0.15) is 5.10 Å². The Hall–Kier alpha value is -2.38. The lowest BCUT2D eigenvalue weighted by atomic mass is 10.1. The molecule has 0 saturated heterocycles. The highest BCUT2D eigenvalue weighted by Gasteiger charge is 2.21. The van der Waals surface area contributed by atoms with Crippen LogP contribution >= 0.6 is 23.4 Å². The molecule has 2 heterocycles. The zero-order valence-electron chi connectivity index (χ0n) is 11.7. The summed E-state index contributed by atoms with van der Waals surface area (Å²) in [6.45, 7) is 0. The van der Waals surface area contributed by atoms with Gasteiger partial charge >= 0.3 is 0 Å². The molecule has 116 valence electrons. The van der Waals surface area contributed by atoms with E-state index in [9.17, 15) is 9.59 Å². The molecular formula is C15H10ClN3O3S. The van der Waals surface area contributed by atoms with Gasteiger partial charge in [-0.25, -0.2) is 4.98 Å². The summed E-state index contributed by atoms with van der Waals surface area (Å²) in [5, 5.41) is 7.10. The van der Waals surface area contributed by atoms with Crippen molar-refractivity contribution in [3.8, 4) is 0 Å². The first-order chi connectivity index (χ1) is 11.1. The number of carbonyl (C=O) groups is 2. The predicted molar refractivity (Wildman–Crippen MR) is 83.7 cm³/mol. The number of rotatable bonds is 6. The van der Waals surface area contributed by atoms with E-state index in [-0.39, 0.29) is 12.2 Å². The maximum atomic E-state index is 12.1. The van der Waals surface area contributed by atoms with Gasteiger partial charge in [-0.05, 0) is 24.3 Å². The van der Waals surface area contributed by atoms with Gasteiger partial charge in [-0.15, -0.1) is 0 Å². The maximum Gasteiger partial charge on any atom is 0.265 e. The minimum absolute atomic E-state index is 0.0671. The van der Waals surface area contributed by atoms with Crippen molar-refractivity contribution < 1.29 is 14.0 Å². The summed E-state index contributed by atoms with van der Waals surface area (Å²) in [6.07, 6.45) is 2.59. The maximum absolute atomic E-state index is 12.1. The van der Waals surface area contributed by atoms with Gasteiger partial charge in [0.2, 0.25) is 5.78 Å². The van der Waals surface area contributed by atoms with E-state index in [1.165, 1.54) is 24.4 Å². The van der Waals surface area contributed by atoms with E-state index in [4.69, 9.17) is 16.0 Å². The number of ketones is 2. The zero-order valence-corrected chi connectivity index (χ0v) is 13.2. The quantitative estimate of drug-likeness (QED) is 0.544. The first-order valence-corrected chi connectivity index (χ1v) is 7.75. The second kappa shape index (κ2) is 6.80. The van der Waals surface area contributed by atoms with Crippen LogP contribution in [-0.2, 0) is 11.2 Å². The molecule has 0 fully saturated rings. The predicted octanol–water partition coefficient (Wildman–Crippen LogP) is 3.20. The van der Waals surface area contributed by atoms with Crippen LogP contribution in [0.3, 0.4) is 0 Å². The number of nitrogens with one attached hydrogen (secondary N) is 1. The summed E-state index contributed by atoms with van der Waals surface area (Å²) in [4.78, 5) is 28.5. The second-order valence-electron chi connectivity index (χ2n) is 4.56. The van der Waals surface area contributed by atoms with Crippen molar-refractivity contribution in [1.29, 1.82) is 0 Å². The molecular weight excluding hydrogens is 338 g/mol. The standard InChI is InChI=1S/C15H10ClN3O3S/c16-10-2-1-3-11(7-10)23-15-9(4-5-22-15)6-12(20)13(21)14-17-8-18-19-14/h1-5,7-8H,6H2,(H,17,18,19). The first kappa shape index (κ1) is 15.5. The Balaban J connectivity index is 1.73. The number of halogens is 1. The Morgan fingerprint density at radius 3 is 2.91 bits per heavy atom. The van der Waals surface area contributed by atoms with E-state index in [1.807, 2.05) is 12.1 Å². The van der Waals surface area contributed by atoms with Crippen molar-refractivity contribution in [2.75, 3.05) is 0 Å². The Morgan fingerprint density at radius 2 is 2.17 bits per heavy atom. The van der Waals surface area contributed by atoms with Gasteiger partial charge < -0.3 is 4.42 Å². The molecule has 0 unspecified atom stereocenters. The second-order valence-corrected chi connectivity index (χ2v) is 6.04. The molecule has 23 heavy (non-hydrogen) atoms. The first-order valence-electron chi connectivity index (χ1n) is 6.56. The molecule has 0 amide bonds. The fourth-order valence-electron chi connectivity index (χ4n) is 1.88. The van der Waals surface area contributed by atoms with Crippen LogP contribution in [0.5, 0.6) is 0 Å². The Bertz CT molecular complexity index is 845. The van der Waals surface area contributed by atoms with E-state index in [2.05, 4.69) is 15.2 Å². The van der Waals surface area contributed by atoms with Gasteiger partial charge in [0.15, 0.2) is 10.9 Å². The van der Waals surface area contributed by atoms with Crippen LogP contribution in [0.1, 0.15) is 16.2 Å². The molecule has 0 bridgehead atoms. The number of carbonyl (C=O) groups excluding carboxylic acids is 2. The SMILES string of the molecule is O=C(Cc1ccoc1Sc1cccc(Cl)c1)C(=O)c1ncn[nH]1. The lowest BCUT2D eigenvalue weighted by Gasteiger charge is -2.02. The van der Waals surface area contributed by atoms with Gasteiger partial charge in [0.25, 0.3) is 5.78 Å². The summed E-state index contributed by atoms with van der Waals surface area (Å²) >= 11 is 7.28. The number of aromatic amines is 1. The van der Waals surface area contributed by atoms with Crippen LogP contribution < -0.4 is 0 Å². The van der Waals surface area contributed by atoms with Crippen LogP contribution in [-0.4, -0.2) is 26.7 Å². The van der Waals surface area contributed by atoms with Gasteiger partial charge in [-0.1, -0.05) is 29.4 Å². The number of hydrogen-bond donors (Lipinski definition) is 1. The van der Waals surface area contributed by atoms with Crippen LogP contribution in [0, 0.1) is 0 Å². The molecule has 2 aromatic heterocycles. The molecule has 0 spiro atoms.